The summed E-state index contributed by atoms with van der Waals surface area (Å²) in [6.07, 6.45) is 0. The van der Waals surface area contributed by atoms with Crippen molar-refractivity contribution in [1.29, 1.82) is 0 Å². The Balaban J connectivity index is 2.51. The quantitative estimate of drug-likeness (QED) is 0.719. The molecule has 0 spiro atoms. The molecule has 0 saturated heterocycles. The van der Waals surface area contributed by atoms with Crippen molar-refractivity contribution in [3.63, 3.8) is 0 Å². The van der Waals surface area contributed by atoms with Gasteiger partial charge in [0.25, 0.3) is 0 Å². The molecule has 2 aromatic carbocycles. The average molecular weight is 258 g/mol. The van der Waals surface area contributed by atoms with E-state index in [4.69, 9.17) is 18.6 Å². The lowest BCUT2D eigenvalue weighted by Gasteiger charge is -2.12. The smallest absolute Gasteiger partial charge is 0.204 e. The summed E-state index contributed by atoms with van der Waals surface area (Å²) in [5.41, 5.74) is 1.53. The van der Waals surface area contributed by atoms with E-state index in [1.54, 1.807) is 21.3 Å². The van der Waals surface area contributed by atoms with Crippen molar-refractivity contribution in [2.45, 2.75) is 0 Å². The Morgan fingerprint density at radius 2 is 1.58 bits per heavy atom. The van der Waals surface area contributed by atoms with Crippen LogP contribution >= 0.6 is 0 Å². The number of fused-ring (bicyclic) bond motifs is 3. The Hall–Kier alpha value is -2.36. The molecule has 0 saturated carbocycles. The van der Waals surface area contributed by atoms with Crippen molar-refractivity contribution >= 4 is 21.9 Å². The highest BCUT2D eigenvalue weighted by atomic mass is 16.5. The standard InChI is InChI=1S/C15H14O4/c1-16-12-8-11-13(15(18-3)14(12)17-2)9-6-4-5-7-10(9)19-11/h4-8H,1-3H3. The third kappa shape index (κ3) is 1.60. The molecule has 0 amide bonds. The Bertz CT molecular complexity index is 743. The van der Waals surface area contributed by atoms with E-state index in [0.29, 0.717) is 17.2 Å². The van der Waals surface area contributed by atoms with Gasteiger partial charge in [-0.3, -0.25) is 0 Å². The molecule has 0 radical (unpaired) electrons. The van der Waals surface area contributed by atoms with Gasteiger partial charge in [-0.25, -0.2) is 0 Å². The van der Waals surface area contributed by atoms with Gasteiger partial charge in [0, 0.05) is 11.5 Å². The lowest BCUT2D eigenvalue weighted by Crippen LogP contribution is -1.95. The summed E-state index contributed by atoms with van der Waals surface area (Å²) in [6, 6.07) is 9.64. The highest BCUT2D eigenvalue weighted by molar-refractivity contribution is 6.10. The van der Waals surface area contributed by atoms with Crippen molar-refractivity contribution in [2.24, 2.45) is 0 Å². The van der Waals surface area contributed by atoms with Gasteiger partial charge < -0.3 is 18.6 Å². The topological polar surface area (TPSA) is 40.8 Å². The Morgan fingerprint density at radius 1 is 0.842 bits per heavy atom. The van der Waals surface area contributed by atoms with E-state index in [1.807, 2.05) is 30.3 Å². The van der Waals surface area contributed by atoms with Crippen molar-refractivity contribution < 1.29 is 18.6 Å². The minimum absolute atomic E-state index is 0.573. The van der Waals surface area contributed by atoms with E-state index >= 15 is 0 Å². The molecular weight excluding hydrogens is 244 g/mol. The van der Waals surface area contributed by atoms with Crippen molar-refractivity contribution in [3.05, 3.63) is 30.3 Å². The van der Waals surface area contributed by atoms with Crippen LogP contribution in [0.3, 0.4) is 0 Å². The predicted molar refractivity (Wildman–Crippen MR) is 73.4 cm³/mol. The molecule has 0 aliphatic rings. The Morgan fingerprint density at radius 3 is 2.26 bits per heavy atom. The van der Waals surface area contributed by atoms with Gasteiger partial charge in [0.1, 0.15) is 11.2 Å². The second-order valence-electron chi connectivity index (χ2n) is 4.12. The molecule has 98 valence electrons. The number of para-hydroxylation sites is 1. The monoisotopic (exact) mass is 258 g/mol. The van der Waals surface area contributed by atoms with Crippen LogP contribution in [0.5, 0.6) is 17.2 Å². The fraction of sp³-hybridized carbons (Fsp3) is 0.200. The second kappa shape index (κ2) is 4.39. The molecule has 0 bridgehead atoms. The van der Waals surface area contributed by atoms with Gasteiger partial charge in [-0.2, -0.15) is 0 Å². The molecule has 19 heavy (non-hydrogen) atoms. The summed E-state index contributed by atoms with van der Waals surface area (Å²) in [5.74, 6) is 1.79. The lowest BCUT2D eigenvalue weighted by atomic mass is 10.1. The van der Waals surface area contributed by atoms with Crippen LogP contribution in [0.15, 0.2) is 34.7 Å². The van der Waals surface area contributed by atoms with Crippen LogP contribution in [-0.2, 0) is 0 Å². The SMILES string of the molecule is COc1cc2oc3ccccc3c2c(OC)c1OC. The molecule has 3 rings (SSSR count). The molecule has 0 unspecified atom stereocenters. The van der Waals surface area contributed by atoms with Gasteiger partial charge in [-0.05, 0) is 6.07 Å². The molecule has 0 fully saturated rings. The first-order chi connectivity index (χ1) is 9.30. The normalized spacial score (nSPS) is 10.9. The fourth-order valence-corrected chi connectivity index (χ4v) is 2.35. The van der Waals surface area contributed by atoms with Crippen LogP contribution in [0.1, 0.15) is 0 Å². The van der Waals surface area contributed by atoms with Gasteiger partial charge in [0.05, 0.1) is 26.7 Å². The maximum Gasteiger partial charge on any atom is 0.204 e. The zero-order valence-corrected chi connectivity index (χ0v) is 11.0. The van der Waals surface area contributed by atoms with E-state index in [0.717, 1.165) is 21.9 Å². The second-order valence-corrected chi connectivity index (χ2v) is 4.12. The zero-order chi connectivity index (χ0) is 13.4. The lowest BCUT2D eigenvalue weighted by molar-refractivity contribution is 0.327. The van der Waals surface area contributed by atoms with E-state index in [1.165, 1.54) is 0 Å². The van der Waals surface area contributed by atoms with Crippen LogP contribution in [0, 0.1) is 0 Å². The van der Waals surface area contributed by atoms with Crippen molar-refractivity contribution in [3.8, 4) is 17.2 Å². The van der Waals surface area contributed by atoms with Crippen LogP contribution in [-0.4, -0.2) is 21.3 Å². The largest absolute Gasteiger partial charge is 0.493 e. The van der Waals surface area contributed by atoms with E-state index in [9.17, 15) is 0 Å². The number of furan rings is 1. The minimum Gasteiger partial charge on any atom is -0.493 e. The number of rotatable bonds is 3. The Labute approximate surface area is 110 Å². The number of hydrogen-bond donors (Lipinski definition) is 0. The summed E-state index contributed by atoms with van der Waals surface area (Å²) in [7, 11) is 4.79. The number of methoxy groups -OCH3 is 3. The molecule has 4 heteroatoms. The third-order valence-corrected chi connectivity index (χ3v) is 3.17. The first-order valence-electron chi connectivity index (χ1n) is 5.90. The van der Waals surface area contributed by atoms with Crippen LogP contribution in [0.4, 0.5) is 0 Å². The number of hydrogen-bond acceptors (Lipinski definition) is 4. The first-order valence-corrected chi connectivity index (χ1v) is 5.90. The molecule has 4 nitrogen and oxygen atoms in total. The van der Waals surface area contributed by atoms with Gasteiger partial charge in [0.2, 0.25) is 5.75 Å². The van der Waals surface area contributed by atoms with Gasteiger partial charge in [-0.15, -0.1) is 0 Å². The molecule has 0 aliphatic carbocycles. The van der Waals surface area contributed by atoms with Crippen molar-refractivity contribution in [2.75, 3.05) is 21.3 Å². The highest BCUT2D eigenvalue weighted by Gasteiger charge is 2.20. The average Bonchev–Trinajstić information content (AvgIpc) is 2.83. The molecule has 0 aliphatic heterocycles. The molecule has 0 N–H and O–H groups in total. The number of ether oxygens (including phenoxy) is 3. The van der Waals surface area contributed by atoms with E-state index in [-0.39, 0.29) is 0 Å². The molecule has 1 heterocycles. The molecular formula is C15H14O4. The van der Waals surface area contributed by atoms with Gasteiger partial charge in [-0.1, -0.05) is 18.2 Å². The van der Waals surface area contributed by atoms with Crippen molar-refractivity contribution in [1.82, 2.24) is 0 Å². The van der Waals surface area contributed by atoms with Gasteiger partial charge in [0.15, 0.2) is 11.5 Å². The maximum atomic E-state index is 5.82. The summed E-state index contributed by atoms with van der Waals surface area (Å²) < 4.78 is 22.0. The Kier molecular flexibility index (Phi) is 2.71. The van der Waals surface area contributed by atoms with Crippen LogP contribution in [0.2, 0.25) is 0 Å². The summed E-state index contributed by atoms with van der Waals surface area (Å²) in [4.78, 5) is 0. The molecule has 3 aromatic rings. The van der Waals surface area contributed by atoms with Crippen LogP contribution < -0.4 is 14.2 Å². The maximum absolute atomic E-state index is 5.82. The highest BCUT2D eigenvalue weighted by Crippen LogP contribution is 2.46. The fourth-order valence-electron chi connectivity index (χ4n) is 2.35. The minimum atomic E-state index is 0.573. The summed E-state index contributed by atoms with van der Waals surface area (Å²) in [5, 5.41) is 1.89. The van der Waals surface area contributed by atoms with Gasteiger partial charge >= 0.3 is 0 Å². The first kappa shape index (κ1) is 11.7. The summed E-state index contributed by atoms with van der Waals surface area (Å²) in [6.45, 7) is 0. The molecule has 1 aromatic heterocycles. The summed E-state index contributed by atoms with van der Waals surface area (Å²) >= 11 is 0. The number of benzene rings is 2. The molecule has 0 atom stereocenters. The van der Waals surface area contributed by atoms with Crippen LogP contribution in [0.25, 0.3) is 21.9 Å². The predicted octanol–water partition coefficient (Wildman–Crippen LogP) is 3.61. The van der Waals surface area contributed by atoms with E-state index in [2.05, 4.69) is 0 Å². The zero-order valence-electron chi connectivity index (χ0n) is 11.0. The third-order valence-electron chi connectivity index (χ3n) is 3.17. The van der Waals surface area contributed by atoms with E-state index < -0.39 is 0 Å².